The lowest BCUT2D eigenvalue weighted by Gasteiger charge is -2.19. The standard InChI is InChI=1S/C28H32N2O6S/c1-6-35-24-13-10-19(15-26(24)36-7-2)18(3)29-28(32)22(17-21-9-8-14-37-21)30-27(31)20-11-12-23(33-4)25(16-20)34-5/h8-18H,6-7H2,1-5H3,(H,29,32)(H,30,31)/b22-17-/t18-/m0/s1. The number of thiophene rings is 1. The number of hydrogen-bond acceptors (Lipinski definition) is 7. The molecule has 1 heterocycles. The normalized spacial score (nSPS) is 11.9. The number of carbonyl (C=O) groups excluding carboxylic acids is 2. The maximum Gasteiger partial charge on any atom is 0.268 e. The molecule has 9 heteroatoms. The summed E-state index contributed by atoms with van der Waals surface area (Å²) in [6.07, 6.45) is 1.65. The van der Waals surface area contributed by atoms with Gasteiger partial charge >= 0.3 is 0 Å². The van der Waals surface area contributed by atoms with Crippen LogP contribution in [0.15, 0.2) is 59.6 Å². The zero-order chi connectivity index (χ0) is 26.8. The second-order valence-corrected chi connectivity index (χ2v) is 8.84. The second kappa shape index (κ2) is 13.4. The van der Waals surface area contributed by atoms with Crippen LogP contribution in [0.3, 0.4) is 0 Å². The first-order valence-corrected chi connectivity index (χ1v) is 12.8. The third-order valence-electron chi connectivity index (χ3n) is 5.38. The summed E-state index contributed by atoms with van der Waals surface area (Å²) in [7, 11) is 3.01. The van der Waals surface area contributed by atoms with E-state index < -0.39 is 11.8 Å². The van der Waals surface area contributed by atoms with Gasteiger partial charge in [-0.3, -0.25) is 9.59 Å². The van der Waals surface area contributed by atoms with Gasteiger partial charge in [-0.15, -0.1) is 11.3 Å². The van der Waals surface area contributed by atoms with Gasteiger partial charge in [0.25, 0.3) is 11.8 Å². The molecule has 0 saturated carbocycles. The first-order valence-electron chi connectivity index (χ1n) is 11.9. The molecule has 0 saturated heterocycles. The number of hydrogen-bond donors (Lipinski definition) is 2. The fourth-order valence-corrected chi connectivity index (χ4v) is 4.20. The Morgan fingerprint density at radius 1 is 0.919 bits per heavy atom. The molecule has 0 unspecified atom stereocenters. The lowest BCUT2D eigenvalue weighted by Crippen LogP contribution is -2.36. The molecule has 3 rings (SSSR count). The van der Waals surface area contributed by atoms with Gasteiger partial charge in [0.1, 0.15) is 5.70 Å². The van der Waals surface area contributed by atoms with Crippen LogP contribution in [0.4, 0.5) is 0 Å². The van der Waals surface area contributed by atoms with E-state index in [1.807, 2.05) is 56.5 Å². The average Bonchev–Trinajstić information content (AvgIpc) is 3.42. The SMILES string of the molecule is CCOc1ccc([C@H](C)NC(=O)/C(=C/c2cccs2)NC(=O)c2ccc(OC)c(OC)c2)cc1OCC. The van der Waals surface area contributed by atoms with Gasteiger partial charge in [0.05, 0.1) is 33.5 Å². The molecular weight excluding hydrogens is 492 g/mol. The lowest BCUT2D eigenvalue weighted by molar-refractivity contribution is -0.118. The Morgan fingerprint density at radius 3 is 2.27 bits per heavy atom. The van der Waals surface area contributed by atoms with Crippen LogP contribution in [0.5, 0.6) is 23.0 Å². The summed E-state index contributed by atoms with van der Waals surface area (Å²) >= 11 is 1.46. The fourth-order valence-electron chi connectivity index (χ4n) is 3.54. The molecule has 8 nitrogen and oxygen atoms in total. The highest BCUT2D eigenvalue weighted by Crippen LogP contribution is 2.31. The van der Waals surface area contributed by atoms with Gasteiger partial charge in [-0.1, -0.05) is 12.1 Å². The number of amides is 2. The highest BCUT2D eigenvalue weighted by Gasteiger charge is 2.20. The van der Waals surface area contributed by atoms with Crippen LogP contribution in [0.2, 0.25) is 0 Å². The van der Waals surface area contributed by atoms with Crippen LogP contribution in [-0.4, -0.2) is 39.2 Å². The summed E-state index contributed by atoms with van der Waals surface area (Å²) in [5.74, 6) is 1.29. The van der Waals surface area contributed by atoms with Crippen molar-refractivity contribution in [3.05, 3.63) is 75.6 Å². The molecule has 2 aromatic carbocycles. The smallest absolute Gasteiger partial charge is 0.268 e. The van der Waals surface area contributed by atoms with E-state index in [1.165, 1.54) is 25.6 Å². The Balaban J connectivity index is 1.83. The van der Waals surface area contributed by atoms with Crippen molar-refractivity contribution in [1.82, 2.24) is 10.6 Å². The second-order valence-electron chi connectivity index (χ2n) is 7.86. The van der Waals surface area contributed by atoms with Crippen LogP contribution >= 0.6 is 11.3 Å². The summed E-state index contributed by atoms with van der Waals surface area (Å²) in [5, 5.41) is 7.62. The van der Waals surface area contributed by atoms with Crippen molar-refractivity contribution in [3.8, 4) is 23.0 Å². The van der Waals surface area contributed by atoms with Gasteiger partial charge in [0.2, 0.25) is 0 Å². The van der Waals surface area contributed by atoms with E-state index in [-0.39, 0.29) is 11.7 Å². The van der Waals surface area contributed by atoms with Crippen LogP contribution < -0.4 is 29.6 Å². The molecule has 0 bridgehead atoms. The Kier molecular flexibility index (Phi) is 9.97. The van der Waals surface area contributed by atoms with Crippen LogP contribution in [0.25, 0.3) is 6.08 Å². The summed E-state index contributed by atoms with van der Waals surface area (Å²) in [6, 6.07) is 13.7. The summed E-state index contributed by atoms with van der Waals surface area (Å²) in [5.41, 5.74) is 1.27. The van der Waals surface area contributed by atoms with Gasteiger partial charge in [0.15, 0.2) is 23.0 Å². The van der Waals surface area contributed by atoms with Gasteiger partial charge in [0, 0.05) is 10.4 Å². The van der Waals surface area contributed by atoms with Gasteiger partial charge < -0.3 is 29.6 Å². The Hall–Kier alpha value is -3.98. The third kappa shape index (κ3) is 7.27. The van der Waals surface area contributed by atoms with E-state index in [0.29, 0.717) is 41.8 Å². The first kappa shape index (κ1) is 27.6. The average molecular weight is 525 g/mol. The Labute approximate surface area is 221 Å². The number of carbonyl (C=O) groups is 2. The van der Waals surface area contributed by atoms with Crippen molar-refractivity contribution in [2.24, 2.45) is 0 Å². The van der Waals surface area contributed by atoms with E-state index >= 15 is 0 Å². The summed E-state index contributed by atoms with van der Waals surface area (Å²) < 4.78 is 21.9. The maximum atomic E-state index is 13.3. The predicted molar refractivity (Wildman–Crippen MR) is 145 cm³/mol. The van der Waals surface area contributed by atoms with E-state index in [9.17, 15) is 9.59 Å². The molecule has 37 heavy (non-hydrogen) atoms. The van der Waals surface area contributed by atoms with E-state index in [0.717, 1.165) is 10.4 Å². The summed E-state index contributed by atoms with van der Waals surface area (Å²) in [6.45, 7) is 6.67. The van der Waals surface area contributed by atoms with Crippen LogP contribution in [0, 0.1) is 0 Å². The highest BCUT2D eigenvalue weighted by molar-refractivity contribution is 7.10. The minimum atomic E-state index is -0.453. The fraction of sp³-hybridized carbons (Fsp3) is 0.286. The van der Waals surface area contributed by atoms with Gasteiger partial charge in [-0.2, -0.15) is 0 Å². The summed E-state index contributed by atoms with van der Waals surface area (Å²) in [4.78, 5) is 27.2. The zero-order valence-electron chi connectivity index (χ0n) is 21.6. The van der Waals surface area contributed by atoms with Crippen molar-refractivity contribution in [2.75, 3.05) is 27.4 Å². The van der Waals surface area contributed by atoms with Crippen LogP contribution in [0.1, 0.15) is 47.6 Å². The van der Waals surface area contributed by atoms with Gasteiger partial charge in [-0.05, 0) is 74.2 Å². The predicted octanol–water partition coefficient (Wildman–Crippen LogP) is 5.21. The molecule has 196 valence electrons. The van der Waals surface area contributed by atoms with Crippen molar-refractivity contribution in [2.45, 2.75) is 26.8 Å². The molecule has 0 aliphatic heterocycles. The van der Waals surface area contributed by atoms with Gasteiger partial charge in [-0.25, -0.2) is 0 Å². The first-order chi connectivity index (χ1) is 17.9. The third-order valence-corrected chi connectivity index (χ3v) is 6.20. The largest absolute Gasteiger partial charge is 0.493 e. The maximum absolute atomic E-state index is 13.3. The van der Waals surface area contributed by atoms with Crippen molar-refractivity contribution < 1.29 is 28.5 Å². The quantitative estimate of drug-likeness (QED) is 0.316. The number of methoxy groups -OCH3 is 2. The number of ether oxygens (including phenoxy) is 4. The molecule has 0 fully saturated rings. The van der Waals surface area contributed by atoms with Crippen LogP contribution in [-0.2, 0) is 4.79 Å². The van der Waals surface area contributed by atoms with E-state index in [1.54, 1.807) is 24.3 Å². The number of rotatable bonds is 12. The topological polar surface area (TPSA) is 95.1 Å². The van der Waals surface area contributed by atoms with Crippen molar-refractivity contribution >= 4 is 29.2 Å². The van der Waals surface area contributed by atoms with Crippen molar-refractivity contribution in [1.29, 1.82) is 0 Å². The molecule has 2 amide bonds. The monoisotopic (exact) mass is 524 g/mol. The Morgan fingerprint density at radius 2 is 1.62 bits per heavy atom. The zero-order valence-corrected chi connectivity index (χ0v) is 22.4. The minimum absolute atomic E-state index is 0.116. The van der Waals surface area contributed by atoms with E-state index in [2.05, 4.69) is 10.6 Å². The Bertz CT molecular complexity index is 1240. The molecule has 0 aliphatic carbocycles. The molecule has 1 atom stereocenters. The molecule has 0 spiro atoms. The molecular formula is C28H32N2O6S. The van der Waals surface area contributed by atoms with Crippen molar-refractivity contribution in [3.63, 3.8) is 0 Å². The van der Waals surface area contributed by atoms with E-state index in [4.69, 9.17) is 18.9 Å². The molecule has 1 aromatic heterocycles. The minimum Gasteiger partial charge on any atom is -0.493 e. The molecule has 0 aliphatic rings. The lowest BCUT2D eigenvalue weighted by atomic mass is 10.1. The molecule has 0 radical (unpaired) electrons. The molecule has 3 aromatic rings. The molecule has 2 N–H and O–H groups in total. The highest BCUT2D eigenvalue weighted by atomic mass is 32.1. The number of benzene rings is 2. The number of nitrogens with one attached hydrogen (secondary N) is 2.